The number of nitrogens with two attached hydrogens (primary N) is 1. The standard InChI is InChI=1S/C14H12Cl2N2O3/c15-11-3-2-10(12(16)6-11)8-21-14-5-9(7-17)1-4-13(14)18(19)20/h1-6H,7-8,17H2. The molecular formula is C14H12Cl2N2O3. The SMILES string of the molecule is NCc1ccc([N+](=O)[O-])c(OCc2ccc(Cl)cc2Cl)c1. The van der Waals surface area contributed by atoms with Gasteiger partial charge in [0.25, 0.3) is 0 Å². The highest BCUT2D eigenvalue weighted by molar-refractivity contribution is 6.35. The van der Waals surface area contributed by atoms with Crippen LogP contribution in [0.2, 0.25) is 10.0 Å². The highest BCUT2D eigenvalue weighted by atomic mass is 35.5. The third-order valence-electron chi connectivity index (χ3n) is 2.85. The molecule has 0 saturated heterocycles. The molecule has 0 aromatic heterocycles. The van der Waals surface area contributed by atoms with E-state index in [-0.39, 0.29) is 24.6 Å². The van der Waals surface area contributed by atoms with E-state index < -0.39 is 4.92 Å². The number of nitrogens with zero attached hydrogens (tertiary/aromatic N) is 1. The predicted molar refractivity (Wildman–Crippen MR) is 81.8 cm³/mol. The first kappa shape index (κ1) is 15.6. The van der Waals surface area contributed by atoms with Crippen LogP contribution in [-0.4, -0.2) is 4.92 Å². The second kappa shape index (κ2) is 6.76. The molecule has 2 aromatic rings. The van der Waals surface area contributed by atoms with Gasteiger partial charge in [0.15, 0.2) is 5.75 Å². The average Bonchev–Trinajstić information content (AvgIpc) is 2.45. The van der Waals surface area contributed by atoms with Crippen molar-refractivity contribution in [2.24, 2.45) is 5.73 Å². The molecule has 2 N–H and O–H groups in total. The Morgan fingerprint density at radius 1 is 1.19 bits per heavy atom. The molecule has 5 nitrogen and oxygen atoms in total. The molecule has 21 heavy (non-hydrogen) atoms. The number of nitro benzene ring substituents is 1. The van der Waals surface area contributed by atoms with Crippen molar-refractivity contribution in [2.75, 3.05) is 0 Å². The Balaban J connectivity index is 2.24. The highest BCUT2D eigenvalue weighted by Gasteiger charge is 2.16. The topological polar surface area (TPSA) is 78.4 Å². The zero-order valence-electron chi connectivity index (χ0n) is 10.9. The van der Waals surface area contributed by atoms with Gasteiger partial charge in [-0.15, -0.1) is 0 Å². The van der Waals surface area contributed by atoms with Crippen LogP contribution in [0, 0.1) is 10.1 Å². The number of hydrogen-bond acceptors (Lipinski definition) is 4. The van der Waals surface area contributed by atoms with Crippen LogP contribution in [0.5, 0.6) is 5.75 Å². The van der Waals surface area contributed by atoms with Gasteiger partial charge in [0.1, 0.15) is 6.61 Å². The van der Waals surface area contributed by atoms with Crippen LogP contribution in [0.4, 0.5) is 5.69 Å². The summed E-state index contributed by atoms with van der Waals surface area (Å²) in [7, 11) is 0. The van der Waals surface area contributed by atoms with Crippen molar-refractivity contribution in [1.29, 1.82) is 0 Å². The molecule has 0 spiro atoms. The minimum absolute atomic E-state index is 0.102. The van der Waals surface area contributed by atoms with Crippen molar-refractivity contribution in [3.63, 3.8) is 0 Å². The summed E-state index contributed by atoms with van der Waals surface area (Å²) in [5, 5.41) is 12.0. The minimum atomic E-state index is -0.501. The summed E-state index contributed by atoms with van der Waals surface area (Å²) in [6.45, 7) is 0.376. The fourth-order valence-electron chi connectivity index (χ4n) is 1.75. The van der Waals surface area contributed by atoms with Gasteiger partial charge in [0.2, 0.25) is 0 Å². The Morgan fingerprint density at radius 3 is 2.57 bits per heavy atom. The lowest BCUT2D eigenvalue weighted by Crippen LogP contribution is -2.02. The van der Waals surface area contributed by atoms with E-state index >= 15 is 0 Å². The molecule has 2 rings (SSSR count). The highest BCUT2D eigenvalue weighted by Crippen LogP contribution is 2.30. The van der Waals surface area contributed by atoms with E-state index in [1.807, 2.05) is 0 Å². The molecule has 7 heteroatoms. The lowest BCUT2D eigenvalue weighted by atomic mass is 10.2. The summed E-state index contributed by atoms with van der Waals surface area (Å²) in [6.07, 6.45) is 0. The Kier molecular flexibility index (Phi) is 5.01. The molecule has 0 unspecified atom stereocenters. The van der Waals surface area contributed by atoms with E-state index in [1.54, 1.807) is 30.3 Å². The normalized spacial score (nSPS) is 10.4. The fraction of sp³-hybridized carbons (Fsp3) is 0.143. The van der Waals surface area contributed by atoms with Crippen LogP contribution in [-0.2, 0) is 13.2 Å². The molecule has 0 aliphatic rings. The van der Waals surface area contributed by atoms with E-state index in [2.05, 4.69) is 0 Å². The van der Waals surface area contributed by atoms with E-state index in [9.17, 15) is 10.1 Å². The largest absolute Gasteiger partial charge is 0.482 e. The summed E-state index contributed by atoms with van der Waals surface area (Å²) in [6, 6.07) is 9.51. The van der Waals surface area contributed by atoms with Gasteiger partial charge in [-0.3, -0.25) is 10.1 Å². The smallest absolute Gasteiger partial charge is 0.310 e. The van der Waals surface area contributed by atoms with Crippen LogP contribution in [0.25, 0.3) is 0 Å². The van der Waals surface area contributed by atoms with E-state index in [0.717, 1.165) is 5.56 Å². The molecular weight excluding hydrogens is 315 g/mol. The monoisotopic (exact) mass is 326 g/mol. The predicted octanol–water partition coefficient (Wildman–Crippen LogP) is 3.94. The molecule has 0 amide bonds. The molecule has 0 radical (unpaired) electrons. The number of rotatable bonds is 5. The number of hydrogen-bond donors (Lipinski definition) is 1. The quantitative estimate of drug-likeness (QED) is 0.666. The lowest BCUT2D eigenvalue weighted by Gasteiger charge is -2.09. The van der Waals surface area contributed by atoms with Crippen molar-refractivity contribution in [3.05, 3.63) is 67.7 Å². The van der Waals surface area contributed by atoms with Crippen LogP contribution in [0.1, 0.15) is 11.1 Å². The molecule has 0 fully saturated rings. The third kappa shape index (κ3) is 3.85. The second-order valence-electron chi connectivity index (χ2n) is 4.29. The Labute approximate surface area is 131 Å². The zero-order chi connectivity index (χ0) is 15.4. The van der Waals surface area contributed by atoms with Crippen molar-refractivity contribution < 1.29 is 9.66 Å². The van der Waals surface area contributed by atoms with E-state index in [4.69, 9.17) is 33.7 Å². The first-order chi connectivity index (χ1) is 10.0. The Hall–Kier alpha value is -1.82. The average molecular weight is 327 g/mol. The molecule has 0 aliphatic heterocycles. The van der Waals surface area contributed by atoms with Crippen molar-refractivity contribution in [3.8, 4) is 5.75 Å². The summed E-state index contributed by atoms with van der Waals surface area (Å²) in [5.74, 6) is 0.161. The third-order valence-corrected chi connectivity index (χ3v) is 3.44. The van der Waals surface area contributed by atoms with Crippen molar-refractivity contribution in [1.82, 2.24) is 0 Å². The molecule has 0 bridgehead atoms. The van der Waals surface area contributed by atoms with Gasteiger partial charge in [0, 0.05) is 28.2 Å². The number of benzene rings is 2. The summed E-state index contributed by atoms with van der Waals surface area (Å²) in [5.41, 5.74) is 6.85. The lowest BCUT2D eigenvalue weighted by molar-refractivity contribution is -0.386. The van der Waals surface area contributed by atoms with E-state index in [0.29, 0.717) is 15.6 Å². The van der Waals surface area contributed by atoms with Gasteiger partial charge in [-0.05, 0) is 23.8 Å². The maximum absolute atomic E-state index is 11.0. The zero-order valence-corrected chi connectivity index (χ0v) is 12.4. The van der Waals surface area contributed by atoms with Gasteiger partial charge in [-0.25, -0.2) is 0 Å². The van der Waals surface area contributed by atoms with Gasteiger partial charge >= 0.3 is 5.69 Å². The Morgan fingerprint density at radius 2 is 1.95 bits per heavy atom. The summed E-state index contributed by atoms with van der Waals surface area (Å²) >= 11 is 11.9. The molecule has 0 heterocycles. The van der Waals surface area contributed by atoms with Gasteiger partial charge in [-0.1, -0.05) is 35.3 Å². The molecule has 2 aromatic carbocycles. The minimum Gasteiger partial charge on any atom is -0.482 e. The van der Waals surface area contributed by atoms with Crippen LogP contribution in [0.3, 0.4) is 0 Å². The van der Waals surface area contributed by atoms with Crippen LogP contribution >= 0.6 is 23.2 Å². The molecule has 110 valence electrons. The fourth-order valence-corrected chi connectivity index (χ4v) is 2.21. The summed E-state index contributed by atoms with van der Waals surface area (Å²) < 4.78 is 5.52. The molecule has 0 atom stereocenters. The number of ether oxygens (including phenoxy) is 1. The Bertz CT molecular complexity index is 677. The first-order valence-electron chi connectivity index (χ1n) is 6.05. The molecule has 0 saturated carbocycles. The maximum Gasteiger partial charge on any atom is 0.310 e. The number of halogens is 2. The van der Waals surface area contributed by atoms with E-state index in [1.165, 1.54) is 6.07 Å². The second-order valence-corrected chi connectivity index (χ2v) is 5.13. The van der Waals surface area contributed by atoms with Crippen LogP contribution in [0.15, 0.2) is 36.4 Å². The first-order valence-corrected chi connectivity index (χ1v) is 6.81. The van der Waals surface area contributed by atoms with Gasteiger partial charge < -0.3 is 10.5 Å². The molecule has 0 aliphatic carbocycles. The van der Waals surface area contributed by atoms with Gasteiger partial charge in [0.05, 0.1) is 4.92 Å². The van der Waals surface area contributed by atoms with Crippen molar-refractivity contribution >= 4 is 28.9 Å². The number of nitro groups is 1. The maximum atomic E-state index is 11.0. The summed E-state index contributed by atoms with van der Waals surface area (Å²) in [4.78, 5) is 10.5. The van der Waals surface area contributed by atoms with Crippen LogP contribution < -0.4 is 10.5 Å². The van der Waals surface area contributed by atoms with Crippen molar-refractivity contribution in [2.45, 2.75) is 13.2 Å². The van der Waals surface area contributed by atoms with Gasteiger partial charge in [-0.2, -0.15) is 0 Å².